The van der Waals surface area contributed by atoms with Crippen molar-refractivity contribution in [2.24, 2.45) is 0 Å². The molecule has 0 amide bonds. The van der Waals surface area contributed by atoms with Crippen molar-refractivity contribution in [2.75, 3.05) is 5.32 Å². The lowest BCUT2D eigenvalue weighted by atomic mass is 10.3. The second kappa shape index (κ2) is 3.79. The summed E-state index contributed by atoms with van der Waals surface area (Å²) in [6, 6.07) is 8.80. The number of aromatic hydroxyl groups is 1. The summed E-state index contributed by atoms with van der Waals surface area (Å²) in [6.07, 6.45) is 3.30. The van der Waals surface area contributed by atoms with Crippen LogP contribution in [0.25, 0.3) is 11.0 Å². The molecule has 0 aliphatic heterocycles. The topological polar surface area (TPSA) is 73.8 Å². The van der Waals surface area contributed by atoms with Gasteiger partial charge < -0.3 is 15.4 Å². The maximum atomic E-state index is 9.39. The standard InChI is InChI=1S/C12H10N4O/c17-9-3-1-2-8(6-9)16-12-10-4-5-13-11(10)14-7-15-12/h1-7,17H,(H2,13,14,15,16). The fourth-order valence-electron chi connectivity index (χ4n) is 1.69. The van der Waals surface area contributed by atoms with Crippen molar-refractivity contribution in [3.05, 3.63) is 42.9 Å². The highest BCUT2D eigenvalue weighted by atomic mass is 16.3. The first-order chi connectivity index (χ1) is 8.33. The maximum Gasteiger partial charge on any atom is 0.143 e. The fourth-order valence-corrected chi connectivity index (χ4v) is 1.69. The van der Waals surface area contributed by atoms with Gasteiger partial charge in [-0.25, -0.2) is 9.97 Å². The summed E-state index contributed by atoms with van der Waals surface area (Å²) in [6.45, 7) is 0. The predicted molar refractivity (Wildman–Crippen MR) is 65.3 cm³/mol. The Labute approximate surface area is 97.2 Å². The first kappa shape index (κ1) is 9.65. The molecule has 0 atom stereocenters. The van der Waals surface area contributed by atoms with Crippen LogP contribution in [0.5, 0.6) is 5.75 Å². The molecule has 17 heavy (non-hydrogen) atoms. The van der Waals surface area contributed by atoms with Crippen LogP contribution in [0.4, 0.5) is 11.5 Å². The van der Waals surface area contributed by atoms with Gasteiger partial charge in [0, 0.05) is 18.0 Å². The Morgan fingerprint density at radius 1 is 1.18 bits per heavy atom. The van der Waals surface area contributed by atoms with Gasteiger partial charge in [0.15, 0.2) is 0 Å². The average Bonchev–Trinajstić information content (AvgIpc) is 2.78. The SMILES string of the molecule is Oc1cccc(Nc2ncnc3[nH]ccc23)c1. The Kier molecular flexibility index (Phi) is 2.15. The summed E-state index contributed by atoms with van der Waals surface area (Å²) in [7, 11) is 0. The molecule has 3 aromatic rings. The highest BCUT2D eigenvalue weighted by Gasteiger charge is 2.04. The van der Waals surface area contributed by atoms with Crippen molar-refractivity contribution >= 4 is 22.5 Å². The number of aromatic amines is 1. The van der Waals surface area contributed by atoms with E-state index in [1.807, 2.05) is 18.3 Å². The minimum atomic E-state index is 0.217. The van der Waals surface area contributed by atoms with Gasteiger partial charge in [-0.1, -0.05) is 6.07 Å². The lowest BCUT2D eigenvalue weighted by Gasteiger charge is -2.06. The van der Waals surface area contributed by atoms with Crippen molar-refractivity contribution < 1.29 is 5.11 Å². The van der Waals surface area contributed by atoms with Gasteiger partial charge in [-0.3, -0.25) is 0 Å². The van der Waals surface area contributed by atoms with E-state index >= 15 is 0 Å². The number of H-pyrrole nitrogens is 1. The maximum absolute atomic E-state index is 9.39. The third-order valence-corrected chi connectivity index (χ3v) is 2.46. The Morgan fingerprint density at radius 2 is 2.12 bits per heavy atom. The molecule has 0 aliphatic rings. The average molecular weight is 226 g/mol. The van der Waals surface area contributed by atoms with E-state index < -0.39 is 0 Å². The molecule has 3 N–H and O–H groups in total. The summed E-state index contributed by atoms with van der Waals surface area (Å²) in [5.74, 6) is 0.927. The zero-order valence-electron chi connectivity index (χ0n) is 8.88. The van der Waals surface area contributed by atoms with Gasteiger partial charge in [-0.2, -0.15) is 0 Å². The van der Waals surface area contributed by atoms with Gasteiger partial charge in [-0.05, 0) is 18.2 Å². The van der Waals surface area contributed by atoms with Crippen LogP contribution in [0.15, 0.2) is 42.9 Å². The summed E-state index contributed by atoms with van der Waals surface area (Å²) in [4.78, 5) is 11.3. The molecule has 2 heterocycles. The molecular weight excluding hydrogens is 216 g/mol. The number of benzene rings is 1. The van der Waals surface area contributed by atoms with Crippen molar-refractivity contribution in [1.29, 1.82) is 0 Å². The summed E-state index contributed by atoms with van der Waals surface area (Å²) in [5, 5.41) is 13.4. The van der Waals surface area contributed by atoms with Crippen LogP contribution < -0.4 is 5.32 Å². The third-order valence-electron chi connectivity index (χ3n) is 2.46. The second-order valence-electron chi connectivity index (χ2n) is 3.64. The first-order valence-corrected chi connectivity index (χ1v) is 5.17. The number of rotatable bonds is 2. The molecule has 1 aromatic carbocycles. The molecule has 3 rings (SSSR count). The molecule has 5 nitrogen and oxygen atoms in total. The summed E-state index contributed by atoms with van der Waals surface area (Å²) < 4.78 is 0. The molecule has 5 heteroatoms. The molecule has 0 unspecified atom stereocenters. The molecule has 0 saturated heterocycles. The number of aromatic nitrogens is 3. The normalized spacial score (nSPS) is 10.6. The van der Waals surface area contributed by atoms with Crippen LogP contribution in [0.2, 0.25) is 0 Å². The molecular formula is C12H10N4O. The largest absolute Gasteiger partial charge is 0.508 e. The zero-order chi connectivity index (χ0) is 11.7. The molecule has 0 spiro atoms. The van der Waals surface area contributed by atoms with Gasteiger partial charge >= 0.3 is 0 Å². The number of nitrogens with zero attached hydrogens (tertiary/aromatic N) is 2. The number of phenolic OH excluding ortho intramolecular Hbond substituents is 1. The van der Waals surface area contributed by atoms with Crippen LogP contribution in [0.1, 0.15) is 0 Å². The van der Waals surface area contributed by atoms with Crippen molar-refractivity contribution in [3.8, 4) is 5.75 Å². The summed E-state index contributed by atoms with van der Waals surface area (Å²) in [5.41, 5.74) is 1.56. The third kappa shape index (κ3) is 1.78. The van der Waals surface area contributed by atoms with Crippen LogP contribution in [-0.2, 0) is 0 Å². The molecule has 0 saturated carbocycles. The zero-order valence-corrected chi connectivity index (χ0v) is 8.88. The highest BCUT2D eigenvalue weighted by molar-refractivity contribution is 5.88. The molecule has 0 fully saturated rings. The van der Waals surface area contributed by atoms with E-state index in [0.29, 0.717) is 5.82 Å². The van der Waals surface area contributed by atoms with Gasteiger partial charge in [0.2, 0.25) is 0 Å². The van der Waals surface area contributed by atoms with E-state index in [1.54, 1.807) is 18.2 Å². The van der Waals surface area contributed by atoms with Crippen molar-refractivity contribution in [3.63, 3.8) is 0 Å². The molecule has 0 bridgehead atoms. The lowest BCUT2D eigenvalue weighted by Crippen LogP contribution is -1.94. The Balaban J connectivity index is 2.02. The lowest BCUT2D eigenvalue weighted by molar-refractivity contribution is 0.475. The van der Waals surface area contributed by atoms with Gasteiger partial charge in [0.05, 0.1) is 5.39 Å². The molecule has 2 aromatic heterocycles. The smallest absolute Gasteiger partial charge is 0.143 e. The van der Waals surface area contributed by atoms with E-state index in [-0.39, 0.29) is 5.75 Å². The second-order valence-corrected chi connectivity index (χ2v) is 3.64. The fraction of sp³-hybridized carbons (Fsp3) is 0. The van der Waals surface area contributed by atoms with Crippen molar-refractivity contribution in [1.82, 2.24) is 15.0 Å². The number of phenols is 1. The van der Waals surface area contributed by atoms with Crippen LogP contribution >= 0.6 is 0 Å². The highest BCUT2D eigenvalue weighted by Crippen LogP contribution is 2.23. The predicted octanol–water partition coefficient (Wildman–Crippen LogP) is 2.41. The first-order valence-electron chi connectivity index (χ1n) is 5.17. The molecule has 84 valence electrons. The minimum absolute atomic E-state index is 0.217. The van der Waals surface area contributed by atoms with E-state index in [9.17, 15) is 5.11 Å². The Bertz CT molecular complexity index is 662. The number of anilines is 2. The quantitative estimate of drug-likeness (QED) is 0.627. The Morgan fingerprint density at radius 3 is 3.00 bits per heavy atom. The van der Waals surface area contributed by atoms with Gasteiger partial charge in [0.1, 0.15) is 23.5 Å². The monoisotopic (exact) mass is 226 g/mol. The van der Waals surface area contributed by atoms with E-state index in [4.69, 9.17) is 0 Å². The van der Waals surface area contributed by atoms with Crippen LogP contribution in [-0.4, -0.2) is 20.1 Å². The van der Waals surface area contributed by atoms with Crippen LogP contribution in [0, 0.1) is 0 Å². The van der Waals surface area contributed by atoms with Crippen LogP contribution in [0.3, 0.4) is 0 Å². The molecule has 0 radical (unpaired) electrons. The minimum Gasteiger partial charge on any atom is -0.508 e. The van der Waals surface area contributed by atoms with Crippen molar-refractivity contribution in [2.45, 2.75) is 0 Å². The summed E-state index contributed by atoms with van der Waals surface area (Å²) >= 11 is 0. The van der Waals surface area contributed by atoms with Gasteiger partial charge in [0.25, 0.3) is 0 Å². The number of nitrogens with one attached hydrogen (secondary N) is 2. The Hall–Kier alpha value is -2.56. The number of hydrogen-bond donors (Lipinski definition) is 3. The molecule has 0 aliphatic carbocycles. The van der Waals surface area contributed by atoms with E-state index in [2.05, 4.69) is 20.3 Å². The van der Waals surface area contributed by atoms with Gasteiger partial charge in [-0.15, -0.1) is 0 Å². The van der Waals surface area contributed by atoms with E-state index in [1.165, 1.54) is 6.33 Å². The van der Waals surface area contributed by atoms with E-state index in [0.717, 1.165) is 16.7 Å². The number of fused-ring (bicyclic) bond motifs is 1. The number of hydrogen-bond acceptors (Lipinski definition) is 4.